The molecule has 0 radical (unpaired) electrons. The first kappa shape index (κ1) is 30.5. The van der Waals surface area contributed by atoms with Crippen molar-refractivity contribution in [3.8, 4) is 22.3 Å². The van der Waals surface area contributed by atoms with Gasteiger partial charge in [0, 0.05) is 57.7 Å². The maximum Gasteiger partial charge on any atom is 0.273 e. The van der Waals surface area contributed by atoms with E-state index in [0.717, 1.165) is 11.4 Å². The number of hydrogen-bond donors (Lipinski definition) is 0. The molecule has 0 aliphatic carbocycles. The Balaban J connectivity index is 1.20. The summed E-state index contributed by atoms with van der Waals surface area (Å²) in [6, 6.07) is 62.4. The Labute approximate surface area is 325 Å². The number of nitrogens with zero attached hydrogens (tertiary/aromatic N) is 2. The Morgan fingerprint density at radius 3 is 1.91 bits per heavy atom. The summed E-state index contributed by atoms with van der Waals surface area (Å²) in [5, 5.41) is 6.32. The fraction of sp³-hybridized carbons (Fsp3) is 0. The minimum absolute atomic E-state index is 0.143. The first-order valence-corrected chi connectivity index (χ1v) is 20.8. The van der Waals surface area contributed by atoms with Gasteiger partial charge in [-0.05, 0) is 86.9 Å². The van der Waals surface area contributed by atoms with E-state index in [9.17, 15) is 0 Å². The van der Waals surface area contributed by atoms with Gasteiger partial charge in [-0.1, -0.05) is 115 Å². The molecule has 7 aromatic carbocycles. The minimum atomic E-state index is 0.143. The van der Waals surface area contributed by atoms with Gasteiger partial charge in [0.15, 0.2) is 0 Å². The van der Waals surface area contributed by atoms with E-state index in [-0.39, 0.29) is 6.71 Å². The predicted octanol–water partition coefficient (Wildman–Crippen LogP) is 12.7. The van der Waals surface area contributed by atoms with Crippen LogP contribution in [0.25, 0.3) is 52.5 Å². The Morgan fingerprint density at radius 1 is 0.463 bits per heavy atom. The summed E-state index contributed by atoms with van der Waals surface area (Å²) in [5.41, 5.74) is 13.9. The SMILES string of the molecule is c1ccc(-c2cccc(N(c3ccccc3)c3ccc4c5c3-c3c(sc6ccccc36)B5c3sc5ccccc5c3N4c3csc4ccccc34)c2)cc1. The lowest BCUT2D eigenvalue weighted by Gasteiger charge is -2.35. The molecule has 54 heavy (non-hydrogen) atoms. The van der Waals surface area contributed by atoms with Gasteiger partial charge in [-0.2, -0.15) is 0 Å². The zero-order valence-corrected chi connectivity index (χ0v) is 31.4. The first-order valence-electron chi connectivity index (χ1n) is 18.3. The third kappa shape index (κ3) is 4.33. The van der Waals surface area contributed by atoms with Crippen LogP contribution in [-0.2, 0) is 0 Å². The van der Waals surface area contributed by atoms with Crippen molar-refractivity contribution in [2.45, 2.75) is 0 Å². The number of rotatable bonds is 5. The van der Waals surface area contributed by atoms with Crippen molar-refractivity contribution < 1.29 is 0 Å². The summed E-state index contributed by atoms with van der Waals surface area (Å²) in [4.78, 5) is 5.10. The Morgan fingerprint density at radius 2 is 1.09 bits per heavy atom. The number of fused-ring (bicyclic) bond motifs is 10. The Hall–Kier alpha value is -5.92. The third-order valence-corrected chi connectivity index (χ3v) is 14.5. The summed E-state index contributed by atoms with van der Waals surface area (Å²) in [7, 11) is 0. The molecule has 2 nitrogen and oxygen atoms in total. The van der Waals surface area contributed by atoms with E-state index in [0.29, 0.717) is 0 Å². The van der Waals surface area contributed by atoms with E-state index in [4.69, 9.17) is 0 Å². The Kier molecular flexibility index (Phi) is 6.67. The van der Waals surface area contributed by atoms with Gasteiger partial charge in [0.1, 0.15) is 0 Å². The van der Waals surface area contributed by atoms with Crippen LogP contribution in [0.2, 0.25) is 0 Å². The monoisotopic (exact) mass is 740 g/mol. The zero-order chi connectivity index (χ0) is 35.3. The molecule has 252 valence electrons. The van der Waals surface area contributed by atoms with Crippen LogP contribution in [0.4, 0.5) is 34.1 Å². The molecule has 0 saturated carbocycles. The minimum Gasteiger partial charge on any atom is -0.310 e. The molecule has 0 spiro atoms. The molecule has 0 saturated heterocycles. The highest BCUT2D eigenvalue weighted by Crippen LogP contribution is 2.53. The van der Waals surface area contributed by atoms with Gasteiger partial charge < -0.3 is 9.80 Å². The second-order valence-electron chi connectivity index (χ2n) is 14.0. The molecule has 5 heterocycles. The van der Waals surface area contributed by atoms with Crippen LogP contribution in [0, 0.1) is 0 Å². The molecule has 0 amide bonds. The number of anilines is 6. The molecule has 0 unspecified atom stereocenters. The van der Waals surface area contributed by atoms with Crippen molar-refractivity contribution in [3.63, 3.8) is 0 Å². The van der Waals surface area contributed by atoms with Crippen molar-refractivity contribution in [1.29, 1.82) is 0 Å². The molecule has 12 rings (SSSR count). The van der Waals surface area contributed by atoms with Crippen molar-refractivity contribution in [1.82, 2.24) is 0 Å². The van der Waals surface area contributed by atoms with Gasteiger partial charge in [0.05, 0.1) is 17.1 Å². The van der Waals surface area contributed by atoms with Gasteiger partial charge in [-0.25, -0.2) is 0 Å². The quantitative estimate of drug-likeness (QED) is 0.162. The summed E-state index contributed by atoms with van der Waals surface area (Å²) < 4.78 is 6.87. The average molecular weight is 741 g/mol. The van der Waals surface area contributed by atoms with Gasteiger partial charge in [0.25, 0.3) is 6.71 Å². The number of hydrogen-bond acceptors (Lipinski definition) is 5. The second-order valence-corrected chi connectivity index (χ2v) is 17.1. The van der Waals surface area contributed by atoms with Crippen molar-refractivity contribution in [2.24, 2.45) is 0 Å². The molecule has 0 atom stereocenters. The lowest BCUT2D eigenvalue weighted by Crippen LogP contribution is -2.52. The predicted molar refractivity (Wildman–Crippen MR) is 237 cm³/mol. The maximum absolute atomic E-state index is 2.60. The highest BCUT2D eigenvalue weighted by molar-refractivity contribution is 7.41. The van der Waals surface area contributed by atoms with Crippen LogP contribution in [0.3, 0.4) is 0 Å². The fourth-order valence-electron chi connectivity index (χ4n) is 8.88. The van der Waals surface area contributed by atoms with Gasteiger partial charge in [-0.3, -0.25) is 0 Å². The van der Waals surface area contributed by atoms with Crippen LogP contribution in [-0.4, -0.2) is 6.71 Å². The number of benzene rings is 7. The second kappa shape index (κ2) is 11.8. The lowest BCUT2D eigenvalue weighted by molar-refractivity contribution is 1.28. The van der Waals surface area contributed by atoms with Crippen LogP contribution >= 0.6 is 34.0 Å². The van der Waals surface area contributed by atoms with E-state index >= 15 is 0 Å². The van der Waals surface area contributed by atoms with Gasteiger partial charge in [0.2, 0.25) is 0 Å². The highest BCUT2D eigenvalue weighted by atomic mass is 32.1. The summed E-state index contributed by atoms with van der Waals surface area (Å²) in [6.45, 7) is 0.143. The maximum atomic E-state index is 2.60. The molecule has 0 fully saturated rings. The topological polar surface area (TPSA) is 6.48 Å². The molecule has 0 N–H and O–H groups in total. The van der Waals surface area contributed by atoms with E-state index < -0.39 is 0 Å². The average Bonchev–Trinajstić information content (AvgIpc) is 4.01. The smallest absolute Gasteiger partial charge is 0.273 e. The molecule has 6 heteroatoms. The number of para-hydroxylation sites is 1. The molecule has 3 aromatic heterocycles. The summed E-state index contributed by atoms with van der Waals surface area (Å²) in [5.74, 6) is 0. The molecular weight excluding hydrogens is 712 g/mol. The highest BCUT2D eigenvalue weighted by Gasteiger charge is 2.48. The molecule has 2 aliphatic heterocycles. The van der Waals surface area contributed by atoms with Crippen LogP contribution in [0.15, 0.2) is 175 Å². The van der Waals surface area contributed by atoms with Gasteiger partial charge in [-0.15, -0.1) is 34.0 Å². The fourth-order valence-corrected chi connectivity index (χ4v) is 12.5. The normalized spacial score (nSPS) is 12.7. The standard InChI is InChI=1S/C48H29BN2S3/c1-3-14-30(15-4-1)31-16-13-19-33(28-31)50(32-17-5-2-6-18-32)37-26-27-38-45-44(37)43-35-21-8-11-24-41(35)53-47(43)49(45)48-46(36-22-9-12-25-42(36)54-48)51(38)39-29-52-40-23-10-7-20-34(39)40/h1-29H. The summed E-state index contributed by atoms with van der Waals surface area (Å²) >= 11 is 5.78. The van der Waals surface area contributed by atoms with Gasteiger partial charge >= 0.3 is 0 Å². The molecule has 2 aliphatic rings. The van der Waals surface area contributed by atoms with Crippen molar-refractivity contribution in [3.05, 3.63) is 175 Å². The molecular formula is C48H29BN2S3. The largest absolute Gasteiger partial charge is 0.310 e. The van der Waals surface area contributed by atoms with E-state index in [2.05, 4.69) is 185 Å². The lowest BCUT2D eigenvalue weighted by atomic mass is 9.43. The number of thiophene rings is 3. The summed E-state index contributed by atoms with van der Waals surface area (Å²) in [6.07, 6.45) is 0. The van der Waals surface area contributed by atoms with E-state index in [1.165, 1.54) is 90.3 Å². The molecule has 0 bridgehead atoms. The molecule has 10 aromatic rings. The van der Waals surface area contributed by atoms with Crippen LogP contribution in [0.5, 0.6) is 0 Å². The van der Waals surface area contributed by atoms with Crippen LogP contribution in [0.1, 0.15) is 0 Å². The van der Waals surface area contributed by atoms with Crippen LogP contribution < -0.4 is 24.8 Å². The van der Waals surface area contributed by atoms with E-state index in [1.807, 2.05) is 34.0 Å². The third-order valence-electron chi connectivity index (χ3n) is 11.1. The zero-order valence-electron chi connectivity index (χ0n) is 28.9. The Bertz CT molecular complexity index is 3090. The van der Waals surface area contributed by atoms with E-state index in [1.54, 1.807) is 0 Å². The first-order chi connectivity index (χ1) is 26.8. The van der Waals surface area contributed by atoms with Crippen molar-refractivity contribution in [2.75, 3.05) is 9.80 Å². The van der Waals surface area contributed by atoms with Crippen molar-refractivity contribution >= 4 is 120 Å².